The standard InChI is InChI=1S/C8H7BrF2INO/c9-1-5-6(12)4(3-14)2-13-7(5)8(10)11/h2,8,14H,1,3H2. The first-order valence-electron chi connectivity index (χ1n) is 3.73. The molecule has 1 aromatic rings. The summed E-state index contributed by atoms with van der Waals surface area (Å²) in [7, 11) is 0. The lowest BCUT2D eigenvalue weighted by Crippen LogP contribution is -2.03. The first-order chi connectivity index (χ1) is 6.61. The molecule has 0 radical (unpaired) electrons. The molecule has 0 unspecified atom stereocenters. The summed E-state index contributed by atoms with van der Waals surface area (Å²) in [5.74, 6) is 0. The van der Waals surface area contributed by atoms with Crippen LogP contribution in [0.25, 0.3) is 0 Å². The molecular formula is C8H7BrF2INO. The van der Waals surface area contributed by atoms with Gasteiger partial charge >= 0.3 is 0 Å². The topological polar surface area (TPSA) is 33.1 Å². The summed E-state index contributed by atoms with van der Waals surface area (Å²) >= 11 is 5.07. The average molecular weight is 378 g/mol. The normalized spacial score (nSPS) is 11.0. The molecule has 6 heteroatoms. The number of hydrogen-bond acceptors (Lipinski definition) is 2. The molecule has 0 amide bonds. The van der Waals surface area contributed by atoms with Gasteiger partial charge in [-0.15, -0.1) is 0 Å². The van der Waals surface area contributed by atoms with Crippen LogP contribution in [-0.2, 0) is 11.9 Å². The Kier molecular flexibility index (Phi) is 4.65. The fourth-order valence-electron chi connectivity index (χ4n) is 1.01. The van der Waals surface area contributed by atoms with E-state index in [1.54, 1.807) is 0 Å². The first kappa shape index (κ1) is 12.3. The molecule has 0 aliphatic heterocycles. The molecule has 0 saturated carbocycles. The molecule has 1 rings (SSSR count). The second kappa shape index (κ2) is 5.32. The largest absolute Gasteiger partial charge is 0.392 e. The lowest BCUT2D eigenvalue weighted by atomic mass is 10.1. The van der Waals surface area contributed by atoms with Gasteiger partial charge in [0.15, 0.2) is 0 Å². The molecular weight excluding hydrogens is 371 g/mol. The minimum atomic E-state index is -2.58. The summed E-state index contributed by atoms with van der Waals surface area (Å²) in [5, 5.41) is 9.23. The fraction of sp³-hybridized carbons (Fsp3) is 0.375. The van der Waals surface area contributed by atoms with E-state index < -0.39 is 6.43 Å². The molecule has 14 heavy (non-hydrogen) atoms. The zero-order valence-corrected chi connectivity index (χ0v) is 10.7. The van der Waals surface area contributed by atoms with Crippen LogP contribution in [0.3, 0.4) is 0 Å². The molecule has 0 aromatic carbocycles. The van der Waals surface area contributed by atoms with E-state index in [-0.39, 0.29) is 12.3 Å². The summed E-state index contributed by atoms with van der Waals surface area (Å²) in [6.45, 7) is -0.186. The number of aliphatic hydroxyl groups excluding tert-OH is 1. The Labute approximate surface area is 102 Å². The Hall–Kier alpha value is 0.180. The molecule has 0 aliphatic rings. The van der Waals surface area contributed by atoms with E-state index in [1.165, 1.54) is 6.20 Å². The van der Waals surface area contributed by atoms with Crippen molar-refractivity contribution in [3.05, 3.63) is 26.6 Å². The summed E-state index contributed by atoms with van der Waals surface area (Å²) < 4.78 is 25.6. The third kappa shape index (κ3) is 2.40. The van der Waals surface area contributed by atoms with Crippen molar-refractivity contribution >= 4 is 38.5 Å². The summed E-state index contributed by atoms with van der Waals surface area (Å²) in [6, 6.07) is 0. The van der Waals surface area contributed by atoms with Crippen molar-refractivity contribution in [2.75, 3.05) is 0 Å². The van der Waals surface area contributed by atoms with Gasteiger partial charge in [0.1, 0.15) is 5.69 Å². The van der Waals surface area contributed by atoms with E-state index in [1.807, 2.05) is 22.6 Å². The molecule has 0 bridgehead atoms. The molecule has 2 nitrogen and oxygen atoms in total. The number of alkyl halides is 3. The predicted molar refractivity (Wildman–Crippen MR) is 60.5 cm³/mol. The third-order valence-electron chi connectivity index (χ3n) is 1.73. The second-order valence-electron chi connectivity index (χ2n) is 2.55. The van der Waals surface area contributed by atoms with Gasteiger partial charge in [-0.1, -0.05) is 15.9 Å². The predicted octanol–water partition coefficient (Wildman–Crippen LogP) is 3.01. The third-order valence-corrected chi connectivity index (χ3v) is 3.63. The van der Waals surface area contributed by atoms with Gasteiger partial charge in [-0.2, -0.15) is 0 Å². The van der Waals surface area contributed by atoms with Crippen molar-refractivity contribution in [3.8, 4) is 0 Å². The van der Waals surface area contributed by atoms with E-state index in [0.717, 1.165) is 0 Å². The molecule has 0 fully saturated rings. The maximum absolute atomic E-state index is 12.5. The van der Waals surface area contributed by atoms with Crippen molar-refractivity contribution in [2.45, 2.75) is 18.4 Å². The van der Waals surface area contributed by atoms with Crippen molar-refractivity contribution < 1.29 is 13.9 Å². The molecule has 1 N–H and O–H groups in total. The van der Waals surface area contributed by atoms with Crippen LogP contribution in [-0.4, -0.2) is 10.1 Å². The second-order valence-corrected chi connectivity index (χ2v) is 4.19. The molecule has 0 spiro atoms. The van der Waals surface area contributed by atoms with Gasteiger partial charge in [-0.3, -0.25) is 4.98 Å². The quantitative estimate of drug-likeness (QED) is 0.648. The lowest BCUT2D eigenvalue weighted by molar-refractivity contribution is 0.145. The first-order valence-corrected chi connectivity index (χ1v) is 5.93. The smallest absolute Gasteiger partial charge is 0.280 e. The minimum absolute atomic E-state index is 0.186. The lowest BCUT2D eigenvalue weighted by Gasteiger charge is -2.10. The minimum Gasteiger partial charge on any atom is -0.392 e. The number of aliphatic hydroxyl groups is 1. The van der Waals surface area contributed by atoms with Crippen LogP contribution in [0.5, 0.6) is 0 Å². The summed E-state index contributed by atoms with van der Waals surface area (Å²) in [5.41, 5.74) is 0.806. The van der Waals surface area contributed by atoms with Gasteiger partial charge in [-0.25, -0.2) is 8.78 Å². The number of nitrogens with zero attached hydrogens (tertiary/aromatic N) is 1. The van der Waals surface area contributed by atoms with E-state index in [0.29, 0.717) is 20.0 Å². The van der Waals surface area contributed by atoms with Crippen LogP contribution in [0, 0.1) is 3.57 Å². The van der Waals surface area contributed by atoms with Crippen molar-refractivity contribution in [1.82, 2.24) is 4.98 Å². The summed E-state index contributed by atoms with van der Waals surface area (Å²) in [4.78, 5) is 3.64. The van der Waals surface area contributed by atoms with Crippen molar-refractivity contribution in [1.29, 1.82) is 0 Å². The highest BCUT2D eigenvalue weighted by molar-refractivity contribution is 14.1. The van der Waals surface area contributed by atoms with Gasteiger partial charge in [0.25, 0.3) is 6.43 Å². The van der Waals surface area contributed by atoms with Crippen LogP contribution in [0.15, 0.2) is 6.20 Å². The van der Waals surface area contributed by atoms with Gasteiger partial charge in [-0.05, 0) is 22.6 Å². The molecule has 0 aliphatic carbocycles. The monoisotopic (exact) mass is 377 g/mol. The highest BCUT2D eigenvalue weighted by Crippen LogP contribution is 2.28. The van der Waals surface area contributed by atoms with E-state index in [4.69, 9.17) is 5.11 Å². The van der Waals surface area contributed by atoms with Crippen LogP contribution in [0.1, 0.15) is 23.2 Å². The Balaban J connectivity index is 3.28. The van der Waals surface area contributed by atoms with E-state index in [9.17, 15) is 8.78 Å². The Bertz CT molecular complexity index is 335. The summed E-state index contributed by atoms with van der Waals surface area (Å²) in [6.07, 6.45) is -1.29. The zero-order chi connectivity index (χ0) is 10.7. The zero-order valence-electron chi connectivity index (χ0n) is 6.98. The molecule has 1 aromatic heterocycles. The fourth-order valence-corrected chi connectivity index (χ4v) is 2.88. The number of rotatable bonds is 3. The molecule has 0 saturated heterocycles. The van der Waals surface area contributed by atoms with Crippen LogP contribution >= 0.6 is 38.5 Å². The molecule has 78 valence electrons. The van der Waals surface area contributed by atoms with Crippen LogP contribution in [0.4, 0.5) is 8.78 Å². The van der Waals surface area contributed by atoms with E-state index >= 15 is 0 Å². The van der Waals surface area contributed by atoms with Crippen molar-refractivity contribution in [3.63, 3.8) is 0 Å². The van der Waals surface area contributed by atoms with Gasteiger partial charge < -0.3 is 5.11 Å². The Morgan fingerprint density at radius 1 is 1.57 bits per heavy atom. The molecule has 1 heterocycles. The Morgan fingerprint density at radius 3 is 2.64 bits per heavy atom. The highest BCUT2D eigenvalue weighted by atomic mass is 127. The average Bonchev–Trinajstić information content (AvgIpc) is 2.17. The van der Waals surface area contributed by atoms with Crippen LogP contribution < -0.4 is 0 Å². The van der Waals surface area contributed by atoms with Crippen molar-refractivity contribution in [2.24, 2.45) is 0 Å². The van der Waals surface area contributed by atoms with E-state index in [2.05, 4.69) is 20.9 Å². The van der Waals surface area contributed by atoms with Crippen LogP contribution in [0.2, 0.25) is 0 Å². The number of hydrogen-bond donors (Lipinski definition) is 1. The maximum Gasteiger partial charge on any atom is 0.280 e. The highest BCUT2D eigenvalue weighted by Gasteiger charge is 2.18. The number of aromatic nitrogens is 1. The number of halogens is 4. The SMILES string of the molecule is OCc1cnc(C(F)F)c(CBr)c1I. The van der Waals surface area contributed by atoms with Gasteiger partial charge in [0, 0.05) is 26.2 Å². The Morgan fingerprint density at radius 2 is 2.21 bits per heavy atom. The number of pyridine rings is 1. The maximum atomic E-state index is 12.5. The molecule has 0 atom stereocenters. The van der Waals surface area contributed by atoms with Gasteiger partial charge in [0.05, 0.1) is 6.61 Å². The van der Waals surface area contributed by atoms with Gasteiger partial charge in [0.2, 0.25) is 0 Å².